The normalized spacial score (nSPS) is 22.6. The van der Waals surface area contributed by atoms with Crippen molar-refractivity contribution in [3.8, 4) is 0 Å². The molecular weight excluding hydrogens is 352 g/mol. The Labute approximate surface area is 155 Å². The minimum Gasteiger partial charge on any atom is -0.352 e. The first kappa shape index (κ1) is 19.0. The molecule has 6 nitrogen and oxygen atoms in total. The molecule has 1 aromatic carbocycles. The van der Waals surface area contributed by atoms with E-state index >= 15 is 0 Å². The van der Waals surface area contributed by atoms with E-state index in [0.29, 0.717) is 24.4 Å². The molecule has 0 spiro atoms. The van der Waals surface area contributed by atoms with Gasteiger partial charge in [0.1, 0.15) is 6.04 Å². The van der Waals surface area contributed by atoms with E-state index in [1.54, 1.807) is 0 Å². The van der Waals surface area contributed by atoms with E-state index in [1.807, 2.05) is 6.92 Å². The molecule has 1 aromatic rings. The van der Waals surface area contributed by atoms with Crippen LogP contribution in [0.15, 0.2) is 29.2 Å². The third kappa shape index (κ3) is 3.99. The van der Waals surface area contributed by atoms with Crippen molar-refractivity contribution in [2.24, 2.45) is 5.92 Å². The Morgan fingerprint density at radius 1 is 1.12 bits per heavy atom. The lowest BCUT2D eigenvalue weighted by molar-refractivity contribution is -0.126. The zero-order valence-corrected chi connectivity index (χ0v) is 16.1. The van der Waals surface area contributed by atoms with Gasteiger partial charge in [-0.3, -0.25) is 9.59 Å². The smallest absolute Gasteiger partial charge is 0.243 e. The lowest BCUT2D eigenvalue weighted by Crippen LogP contribution is -2.53. The molecule has 1 aliphatic heterocycles. The monoisotopic (exact) mass is 378 g/mol. The summed E-state index contributed by atoms with van der Waals surface area (Å²) in [5.74, 6) is 0.206. The van der Waals surface area contributed by atoms with Crippen LogP contribution in [0, 0.1) is 5.92 Å². The topological polar surface area (TPSA) is 83.6 Å². The van der Waals surface area contributed by atoms with Gasteiger partial charge in [-0.05, 0) is 57.6 Å². The van der Waals surface area contributed by atoms with Crippen LogP contribution in [-0.2, 0) is 14.8 Å². The van der Waals surface area contributed by atoms with Crippen molar-refractivity contribution >= 4 is 21.7 Å². The molecule has 2 aliphatic rings. The number of benzene rings is 1. The molecule has 2 fully saturated rings. The number of Topliss-reactive ketones (excluding diaryl/α,β-unsaturated/α-hetero) is 1. The minimum atomic E-state index is -3.78. The number of hydrogen-bond acceptors (Lipinski definition) is 4. The van der Waals surface area contributed by atoms with Crippen LogP contribution >= 0.6 is 0 Å². The van der Waals surface area contributed by atoms with E-state index in [0.717, 1.165) is 25.7 Å². The van der Waals surface area contributed by atoms with Crippen LogP contribution in [0.2, 0.25) is 0 Å². The summed E-state index contributed by atoms with van der Waals surface area (Å²) in [6, 6.07) is 5.35. The van der Waals surface area contributed by atoms with Crippen LogP contribution < -0.4 is 5.32 Å². The second-order valence-corrected chi connectivity index (χ2v) is 9.23. The van der Waals surface area contributed by atoms with E-state index in [9.17, 15) is 18.0 Å². The van der Waals surface area contributed by atoms with Crippen molar-refractivity contribution in [3.05, 3.63) is 29.8 Å². The highest BCUT2D eigenvalue weighted by molar-refractivity contribution is 7.89. The number of ketones is 1. The summed E-state index contributed by atoms with van der Waals surface area (Å²) in [6.45, 7) is 3.76. The van der Waals surface area contributed by atoms with E-state index < -0.39 is 16.1 Å². The predicted molar refractivity (Wildman–Crippen MR) is 98.3 cm³/mol. The van der Waals surface area contributed by atoms with Crippen LogP contribution in [0.3, 0.4) is 0 Å². The van der Waals surface area contributed by atoms with Crippen LogP contribution in [0.1, 0.15) is 56.3 Å². The Hall–Kier alpha value is -1.73. The van der Waals surface area contributed by atoms with Gasteiger partial charge >= 0.3 is 0 Å². The summed E-state index contributed by atoms with van der Waals surface area (Å²) < 4.78 is 27.5. The summed E-state index contributed by atoms with van der Waals surface area (Å²) in [7, 11) is -3.78. The zero-order chi connectivity index (χ0) is 18.9. The maximum absolute atomic E-state index is 13.1. The molecule has 2 atom stereocenters. The summed E-state index contributed by atoms with van der Waals surface area (Å²) >= 11 is 0. The van der Waals surface area contributed by atoms with E-state index in [-0.39, 0.29) is 22.6 Å². The van der Waals surface area contributed by atoms with Gasteiger partial charge in [0.05, 0.1) is 4.90 Å². The fraction of sp³-hybridized carbons (Fsp3) is 0.579. The Kier molecular flexibility index (Phi) is 5.48. The fourth-order valence-corrected chi connectivity index (χ4v) is 5.14. The molecule has 142 valence electrons. The SMILES string of the molecule is CC(=O)c1ccc(S(=O)(=O)N2CCCC[C@H]2C(=O)N[C@@H](C)C2CC2)cc1. The quantitative estimate of drug-likeness (QED) is 0.770. The largest absolute Gasteiger partial charge is 0.352 e. The van der Waals surface area contributed by atoms with E-state index in [4.69, 9.17) is 0 Å². The van der Waals surface area contributed by atoms with Gasteiger partial charge in [-0.15, -0.1) is 0 Å². The van der Waals surface area contributed by atoms with Crippen molar-refractivity contribution in [2.75, 3.05) is 6.54 Å². The maximum atomic E-state index is 13.1. The lowest BCUT2D eigenvalue weighted by atomic mass is 10.0. The molecule has 1 aliphatic carbocycles. The lowest BCUT2D eigenvalue weighted by Gasteiger charge is -2.34. The summed E-state index contributed by atoms with van der Waals surface area (Å²) in [6.07, 6.45) is 4.36. The third-order valence-corrected chi connectivity index (χ3v) is 7.25. The molecule has 0 aromatic heterocycles. The number of sulfonamides is 1. The first-order valence-electron chi connectivity index (χ1n) is 9.24. The van der Waals surface area contributed by atoms with E-state index in [2.05, 4.69) is 5.32 Å². The molecule has 1 saturated carbocycles. The van der Waals surface area contributed by atoms with Gasteiger partial charge < -0.3 is 5.32 Å². The van der Waals surface area contributed by atoms with Crippen LogP contribution in [0.4, 0.5) is 0 Å². The van der Waals surface area contributed by atoms with Crippen LogP contribution in [0.25, 0.3) is 0 Å². The maximum Gasteiger partial charge on any atom is 0.243 e. The molecule has 1 N–H and O–H groups in total. The number of nitrogens with one attached hydrogen (secondary N) is 1. The summed E-state index contributed by atoms with van der Waals surface area (Å²) in [5, 5.41) is 3.00. The highest BCUT2D eigenvalue weighted by Crippen LogP contribution is 2.33. The first-order valence-corrected chi connectivity index (χ1v) is 10.7. The van der Waals surface area contributed by atoms with Crippen molar-refractivity contribution < 1.29 is 18.0 Å². The molecule has 1 heterocycles. The van der Waals surface area contributed by atoms with Crippen LogP contribution in [0.5, 0.6) is 0 Å². The van der Waals surface area contributed by atoms with Crippen molar-refractivity contribution in [2.45, 2.75) is 62.9 Å². The zero-order valence-electron chi connectivity index (χ0n) is 15.3. The molecule has 1 amide bonds. The summed E-state index contributed by atoms with van der Waals surface area (Å²) in [4.78, 5) is 24.2. The Balaban J connectivity index is 1.80. The second-order valence-electron chi connectivity index (χ2n) is 7.34. The molecule has 0 unspecified atom stereocenters. The van der Waals surface area contributed by atoms with Gasteiger partial charge in [-0.25, -0.2) is 8.42 Å². The number of carbonyl (C=O) groups excluding carboxylic acids is 2. The van der Waals surface area contributed by atoms with Gasteiger partial charge in [-0.1, -0.05) is 18.6 Å². The van der Waals surface area contributed by atoms with Gasteiger partial charge in [0.25, 0.3) is 0 Å². The van der Waals surface area contributed by atoms with Crippen molar-refractivity contribution in [3.63, 3.8) is 0 Å². The summed E-state index contributed by atoms with van der Waals surface area (Å²) in [5.41, 5.74) is 0.468. The number of amides is 1. The third-order valence-electron chi connectivity index (χ3n) is 5.32. The predicted octanol–water partition coefficient (Wildman–Crippen LogP) is 2.35. The molecular formula is C19H26N2O4S. The van der Waals surface area contributed by atoms with Gasteiger partial charge in [0, 0.05) is 18.2 Å². The van der Waals surface area contributed by atoms with Crippen molar-refractivity contribution in [1.82, 2.24) is 9.62 Å². The number of rotatable bonds is 6. The van der Waals surface area contributed by atoms with Gasteiger partial charge in [-0.2, -0.15) is 4.31 Å². The molecule has 0 bridgehead atoms. The highest BCUT2D eigenvalue weighted by Gasteiger charge is 2.39. The molecule has 7 heteroatoms. The Bertz CT molecular complexity index is 784. The molecule has 26 heavy (non-hydrogen) atoms. The number of carbonyl (C=O) groups is 2. The van der Waals surface area contributed by atoms with Gasteiger partial charge in [0.2, 0.25) is 15.9 Å². The van der Waals surface area contributed by atoms with E-state index in [1.165, 1.54) is 35.5 Å². The Morgan fingerprint density at radius 2 is 1.77 bits per heavy atom. The fourth-order valence-electron chi connectivity index (χ4n) is 3.49. The average Bonchev–Trinajstić information content (AvgIpc) is 3.47. The highest BCUT2D eigenvalue weighted by atomic mass is 32.2. The first-order chi connectivity index (χ1) is 12.3. The second kappa shape index (κ2) is 7.48. The van der Waals surface area contributed by atoms with Gasteiger partial charge in [0.15, 0.2) is 5.78 Å². The molecule has 0 radical (unpaired) electrons. The van der Waals surface area contributed by atoms with Crippen molar-refractivity contribution in [1.29, 1.82) is 0 Å². The number of hydrogen-bond donors (Lipinski definition) is 1. The number of nitrogens with zero attached hydrogens (tertiary/aromatic N) is 1. The standard InChI is InChI=1S/C19H26N2O4S/c1-13(15-6-7-15)20-19(23)18-5-3-4-12-21(18)26(24,25)17-10-8-16(9-11-17)14(2)22/h8-11,13,15,18H,3-7,12H2,1-2H3,(H,20,23)/t13-,18-/m0/s1. The average molecular weight is 378 g/mol. The Morgan fingerprint density at radius 3 is 2.35 bits per heavy atom. The molecule has 3 rings (SSSR count). The minimum absolute atomic E-state index is 0.0869. The van der Waals surface area contributed by atoms with Crippen LogP contribution in [-0.4, -0.2) is 43.0 Å². The number of piperidine rings is 1. The molecule has 1 saturated heterocycles.